The van der Waals surface area contributed by atoms with Crippen molar-refractivity contribution >= 4 is 23.4 Å². The van der Waals surface area contributed by atoms with E-state index in [4.69, 9.17) is 9.47 Å². The second-order valence-electron chi connectivity index (χ2n) is 5.39. The van der Waals surface area contributed by atoms with Gasteiger partial charge in [0.15, 0.2) is 0 Å². The van der Waals surface area contributed by atoms with Gasteiger partial charge in [0.25, 0.3) is 5.91 Å². The molecule has 3 rings (SSSR count). The maximum Gasteiger partial charge on any atom is 0.337 e. The third kappa shape index (κ3) is 4.10. The number of esters is 1. The van der Waals surface area contributed by atoms with E-state index in [0.29, 0.717) is 49.1 Å². The Bertz CT molecular complexity index is 775. The molecule has 25 heavy (non-hydrogen) atoms. The zero-order chi connectivity index (χ0) is 17.6. The zero-order valence-electron chi connectivity index (χ0n) is 13.8. The predicted octanol–water partition coefficient (Wildman–Crippen LogP) is 1.48. The lowest BCUT2D eigenvalue weighted by Gasteiger charge is -2.26. The van der Waals surface area contributed by atoms with Crippen LogP contribution in [0.3, 0.4) is 0 Å². The van der Waals surface area contributed by atoms with Gasteiger partial charge in [0, 0.05) is 24.8 Å². The predicted molar refractivity (Wildman–Crippen MR) is 89.8 cm³/mol. The van der Waals surface area contributed by atoms with Crippen molar-refractivity contribution in [3.05, 3.63) is 47.9 Å². The van der Waals surface area contributed by atoms with Crippen molar-refractivity contribution in [1.29, 1.82) is 0 Å². The summed E-state index contributed by atoms with van der Waals surface area (Å²) < 4.78 is 9.96. The highest BCUT2D eigenvalue weighted by Crippen LogP contribution is 2.17. The van der Waals surface area contributed by atoms with Crippen molar-refractivity contribution in [2.24, 2.45) is 0 Å². The number of nitrogens with zero attached hydrogens (tertiary/aromatic N) is 3. The number of nitrogens with one attached hydrogen (secondary N) is 1. The summed E-state index contributed by atoms with van der Waals surface area (Å²) in [5.41, 5.74) is 1.39. The first-order chi connectivity index (χ1) is 12.2. The van der Waals surface area contributed by atoms with Crippen LogP contribution in [0.4, 0.5) is 11.5 Å². The van der Waals surface area contributed by atoms with Gasteiger partial charge in [-0.15, -0.1) is 0 Å². The molecule has 1 aliphatic rings. The first-order valence-electron chi connectivity index (χ1n) is 7.82. The van der Waals surface area contributed by atoms with E-state index in [0.717, 1.165) is 0 Å². The fourth-order valence-electron chi connectivity index (χ4n) is 2.46. The largest absolute Gasteiger partial charge is 0.465 e. The molecule has 1 N–H and O–H groups in total. The molecule has 1 fully saturated rings. The Kier molecular flexibility index (Phi) is 5.20. The molecule has 0 aliphatic carbocycles. The van der Waals surface area contributed by atoms with Crippen molar-refractivity contribution in [3.63, 3.8) is 0 Å². The Morgan fingerprint density at radius 3 is 2.76 bits per heavy atom. The van der Waals surface area contributed by atoms with Crippen molar-refractivity contribution in [1.82, 2.24) is 14.9 Å². The SMILES string of the molecule is COC(=O)c1cccc(Nc2cc(C(=O)N3CCOCC3)ncn2)c1. The Labute approximate surface area is 144 Å². The molecule has 0 radical (unpaired) electrons. The summed E-state index contributed by atoms with van der Waals surface area (Å²) in [5, 5.41) is 3.07. The third-order valence-electron chi connectivity index (χ3n) is 3.74. The molecule has 1 aromatic heterocycles. The van der Waals surface area contributed by atoms with Crippen LogP contribution in [0, 0.1) is 0 Å². The topological polar surface area (TPSA) is 93.7 Å². The summed E-state index contributed by atoms with van der Waals surface area (Å²) in [6.45, 7) is 2.16. The van der Waals surface area contributed by atoms with Crippen molar-refractivity contribution in [3.8, 4) is 0 Å². The molecule has 0 bridgehead atoms. The minimum atomic E-state index is -0.422. The quantitative estimate of drug-likeness (QED) is 0.841. The van der Waals surface area contributed by atoms with Gasteiger partial charge in [-0.05, 0) is 18.2 Å². The summed E-state index contributed by atoms with van der Waals surface area (Å²) in [6.07, 6.45) is 1.33. The minimum Gasteiger partial charge on any atom is -0.465 e. The van der Waals surface area contributed by atoms with E-state index in [1.165, 1.54) is 13.4 Å². The zero-order valence-corrected chi connectivity index (χ0v) is 13.8. The molecule has 0 saturated carbocycles. The van der Waals surface area contributed by atoms with E-state index < -0.39 is 5.97 Å². The fourth-order valence-corrected chi connectivity index (χ4v) is 2.46. The molecule has 2 aromatic rings. The number of amides is 1. The van der Waals surface area contributed by atoms with E-state index in [2.05, 4.69) is 15.3 Å². The number of rotatable bonds is 4. The van der Waals surface area contributed by atoms with Gasteiger partial charge in [-0.2, -0.15) is 0 Å². The standard InChI is InChI=1S/C17H18N4O4/c1-24-17(23)12-3-2-4-13(9-12)20-15-10-14(18-11-19-15)16(22)21-5-7-25-8-6-21/h2-4,9-11H,5-8H2,1H3,(H,18,19,20). The second-order valence-corrected chi connectivity index (χ2v) is 5.39. The van der Waals surface area contributed by atoms with E-state index >= 15 is 0 Å². The number of anilines is 2. The number of hydrogen-bond acceptors (Lipinski definition) is 7. The number of carbonyl (C=O) groups is 2. The number of morpholine rings is 1. The van der Waals surface area contributed by atoms with Gasteiger partial charge in [0.2, 0.25) is 0 Å². The van der Waals surface area contributed by atoms with Gasteiger partial charge in [-0.25, -0.2) is 14.8 Å². The molecule has 2 heterocycles. The van der Waals surface area contributed by atoms with Crippen molar-refractivity contribution in [2.45, 2.75) is 0 Å². The van der Waals surface area contributed by atoms with Gasteiger partial charge < -0.3 is 19.7 Å². The second kappa shape index (κ2) is 7.71. The monoisotopic (exact) mass is 342 g/mol. The number of hydrogen-bond donors (Lipinski definition) is 1. The molecule has 0 spiro atoms. The number of carbonyl (C=O) groups excluding carboxylic acids is 2. The average molecular weight is 342 g/mol. The van der Waals surface area contributed by atoms with Gasteiger partial charge >= 0.3 is 5.97 Å². The van der Waals surface area contributed by atoms with E-state index in [-0.39, 0.29) is 5.91 Å². The van der Waals surface area contributed by atoms with Crippen LogP contribution in [0.15, 0.2) is 36.7 Å². The lowest BCUT2D eigenvalue weighted by Crippen LogP contribution is -2.41. The average Bonchev–Trinajstić information content (AvgIpc) is 2.68. The Morgan fingerprint density at radius 2 is 2.00 bits per heavy atom. The molecule has 130 valence electrons. The maximum absolute atomic E-state index is 12.5. The highest BCUT2D eigenvalue weighted by molar-refractivity contribution is 5.93. The number of benzene rings is 1. The first kappa shape index (κ1) is 16.8. The Morgan fingerprint density at radius 1 is 1.20 bits per heavy atom. The smallest absolute Gasteiger partial charge is 0.337 e. The molecule has 0 unspecified atom stereocenters. The third-order valence-corrected chi connectivity index (χ3v) is 3.74. The minimum absolute atomic E-state index is 0.155. The number of methoxy groups -OCH3 is 1. The van der Waals surface area contributed by atoms with Crippen LogP contribution < -0.4 is 5.32 Å². The molecule has 8 heteroatoms. The highest BCUT2D eigenvalue weighted by atomic mass is 16.5. The normalized spacial score (nSPS) is 14.0. The van der Waals surface area contributed by atoms with E-state index in [1.54, 1.807) is 35.2 Å². The summed E-state index contributed by atoms with van der Waals surface area (Å²) in [7, 11) is 1.33. The summed E-state index contributed by atoms with van der Waals surface area (Å²) in [6, 6.07) is 8.41. The van der Waals surface area contributed by atoms with Gasteiger partial charge in [0.1, 0.15) is 17.8 Å². The van der Waals surface area contributed by atoms with Crippen LogP contribution in [0.5, 0.6) is 0 Å². The molecular weight excluding hydrogens is 324 g/mol. The molecule has 1 saturated heterocycles. The highest BCUT2D eigenvalue weighted by Gasteiger charge is 2.20. The fraction of sp³-hybridized carbons (Fsp3) is 0.294. The van der Waals surface area contributed by atoms with E-state index in [1.807, 2.05) is 0 Å². The Balaban J connectivity index is 1.75. The van der Waals surface area contributed by atoms with E-state index in [9.17, 15) is 9.59 Å². The lowest BCUT2D eigenvalue weighted by atomic mass is 10.2. The van der Waals surface area contributed by atoms with Gasteiger partial charge in [-0.1, -0.05) is 6.07 Å². The number of aromatic nitrogens is 2. The lowest BCUT2D eigenvalue weighted by molar-refractivity contribution is 0.0299. The van der Waals surface area contributed by atoms with Crippen molar-refractivity contribution < 1.29 is 19.1 Å². The maximum atomic E-state index is 12.5. The first-order valence-corrected chi connectivity index (χ1v) is 7.82. The molecule has 0 atom stereocenters. The molecular formula is C17H18N4O4. The van der Waals surface area contributed by atoms with Crippen LogP contribution in [0.25, 0.3) is 0 Å². The summed E-state index contributed by atoms with van der Waals surface area (Å²) >= 11 is 0. The summed E-state index contributed by atoms with van der Waals surface area (Å²) in [5.74, 6) is -0.111. The Hall–Kier alpha value is -3.00. The van der Waals surface area contributed by atoms with Crippen LogP contribution >= 0.6 is 0 Å². The number of ether oxygens (including phenoxy) is 2. The summed E-state index contributed by atoms with van der Waals surface area (Å²) in [4.78, 5) is 34.0. The molecule has 8 nitrogen and oxygen atoms in total. The van der Waals surface area contributed by atoms with Crippen molar-refractivity contribution in [2.75, 3.05) is 38.7 Å². The van der Waals surface area contributed by atoms with Crippen LogP contribution in [0.1, 0.15) is 20.8 Å². The molecule has 1 aliphatic heterocycles. The van der Waals surface area contributed by atoms with Crippen LogP contribution in [0.2, 0.25) is 0 Å². The van der Waals surface area contributed by atoms with Gasteiger partial charge in [0.05, 0.1) is 25.9 Å². The van der Waals surface area contributed by atoms with Crippen LogP contribution in [-0.2, 0) is 9.47 Å². The molecule has 1 amide bonds. The van der Waals surface area contributed by atoms with Gasteiger partial charge in [-0.3, -0.25) is 4.79 Å². The van der Waals surface area contributed by atoms with Crippen LogP contribution in [-0.4, -0.2) is 60.2 Å². The molecule has 1 aromatic carbocycles.